The molecule has 0 aliphatic carbocycles. The zero-order valence-corrected chi connectivity index (χ0v) is 17.6. The van der Waals surface area contributed by atoms with E-state index in [0.717, 1.165) is 50.1 Å². The number of rotatable bonds is 6. The Labute approximate surface area is 176 Å². The first-order valence-electron chi connectivity index (χ1n) is 10.5. The molecular weight excluding hydrogens is 381 g/mol. The molecule has 1 saturated heterocycles. The number of halogens is 1. The van der Waals surface area contributed by atoms with Gasteiger partial charge in [0.2, 0.25) is 5.91 Å². The van der Waals surface area contributed by atoms with E-state index >= 15 is 0 Å². The molecule has 6 nitrogen and oxygen atoms in total. The maximum absolute atomic E-state index is 13.1. The first-order valence-corrected chi connectivity index (χ1v) is 10.5. The molecule has 30 heavy (non-hydrogen) atoms. The number of carbonyl (C=O) groups is 1. The predicted octanol–water partition coefficient (Wildman–Crippen LogP) is 2.95. The van der Waals surface area contributed by atoms with Crippen molar-refractivity contribution in [2.24, 2.45) is 5.92 Å². The molecule has 1 aliphatic heterocycles. The summed E-state index contributed by atoms with van der Waals surface area (Å²) in [5.74, 6) is 0.352. The van der Waals surface area contributed by atoms with Crippen molar-refractivity contribution in [3.63, 3.8) is 0 Å². The molecule has 0 unspecified atom stereocenters. The van der Waals surface area contributed by atoms with E-state index in [0.29, 0.717) is 12.3 Å². The fourth-order valence-electron chi connectivity index (χ4n) is 4.20. The van der Waals surface area contributed by atoms with Gasteiger partial charge in [-0.15, -0.1) is 0 Å². The van der Waals surface area contributed by atoms with Crippen LogP contribution in [0.25, 0.3) is 5.65 Å². The molecule has 0 N–H and O–H groups in total. The summed E-state index contributed by atoms with van der Waals surface area (Å²) >= 11 is 0. The number of benzene rings is 1. The van der Waals surface area contributed by atoms with Crippen molar-refractivity contribution < 1.29 is 9.18 Å². The van der Waals surface area contributed by atoms with Crippen LogP contribution in [0.3, 0.4) is 0 Å². The van der Waals surface area contributed by atoms with Gasteiger partial charge in [0.05, 0.1) is 18.3 Å². The Balaban J connectivity index is 1.39. The van der Waals surface area contributed by atoms with Gasteiger partial charge in [-0.1, -0.05) is 12.1 Å². The van der Waals surface area contributed by atoms with E-state index in [4.69, 9.17) is 0 Å². The molecule has 3 heterocycles. The fraction of sp³-hybridized carbons (Fsp3) is 0.435. The van der Waals surface area contributed by atoms with Crippen molar-refractivity contribution in [3.05, 3.63) is 65.4 Å². The molecule has 0 bridgehead atoms. The summed E-state index contributed by atoms with van der Waals surface area (Å²) in [6.45, 7) is 2.36. The van der Waals surface area contributed by atoms with E-state index in [9.17, 15) is 9.18 Å². The van der Waals surface area contributed by atoms with E-state index in [1.807, 2.05) is 21.7 Å². The van der Waals surface area contributed by atoms with Crippen molar-refractivity contribution in [2.75, 3.05) is 27.2 Å². The topological polar surface area (TPSA) is 53.7 Å². The van der Waals surface area contributed by atoms with Crippen LogP contribution < -0.4 is 0 Å². The monoisotopic (exact) mass is 409 g/mol. The van der Waals surface area contributed by atoms with Crippen LogP contribution in [0.15, 0.2) is 42.7 Å². The molecular formula is C23H28FN5O. The highest BCUT2D eigenvalue weighted by atomic mass is 19.1. The molecule has 7 heteroatoms. The van der Waals surface area contributed by atoms with Gasteiger partial charge in [-0.25, -0.2) is 13.9 Å². The lowest BCUT2D eigenvalue weighted by molar-refractivity contribution is -0.131. The molecule has 4 rings (SSSR count). The number of likely N-dealkylation sites (tertiary alicyclic amines) is 1. The Hall–Kier alpha value is -2.80. The van der Waals surface area contributed by atoms with Gasteiger partial charge in [-0.3, -0.25) is 4.79 Å². The molecule has 1 aromatic carbocycles. The Kier molecular flexibility index (Phi) is 6.08. The number of piperidine rings is 1. The Bertz CT molecular complexity index is 1010. The number of hydrogen-bond acceptors (Lipinski definition) is 4. The maximum atomic E-state index is 13.1. The highest BCUT2D eigenvalue weighted by Crippen LogP contribution is 2.24. The van der Waals surface area contributed by atoms with Gasteiger partial charge in [-0.05, 0) is 57.0 Å². The largest absolute Gasteiger partial charge is 0.342 e. The van der Waals surface area contributed by atoms with Crippen LogP contribution in [0.5, 0.6) is 0 Å². The van der Waals surface area contributed by atoms with Crippen LogP contribution in [-0.2, 0) is 24.2 Å². The molecule has 1 fully saturated rings. The SMILES string of the molecule is CN(C)Cc1cnc2ccnn2c1CC1CCN(C(=O)Cc2ccc(F)cc2)CC1. The molecule has 3 aromatic rings. The quantitative estimate of drug-likeness (QED) is 0.628. The first-order chi connectivity index (χ1) is 14.5. The summed E-state index contributed by atoms with van der Waals surface area (Å²) in [7, 11) is 4.12. The van der Waals surface area contributed by atoms with Crippen molar-refractivity contribution in [1.29, 1.82) is 0 Å². The van der Waals surface area contributed by atoms with Gasteiger partial charge in [0.15, 0.2) is 5.65 Å². The lowest BCUT2D eigenvalue weighted by Crippen LogP contribution is -2.40. The average molecular weight is 410 g/mol. The summed E-state index contributed by atoms with van der Waals surface area (Å²) in [6, 6.07) is 8.12. The Morgan fingerprint density at radius 1 is 1.17 bits per heavy atom. The zero-order chi connectivity index (χ0) is 21.1. The summed E-state index contributed by atoms with van der Waals surface area (Å²) in [6.07, 6.45) is 6.97. The second-order valence-corrected chi connectivity index (χ2v) is 8.40. The molecule has 0 spiro atoms. The zero-order valence-electron chi connectivity index (χ0n) is 17.6. The fourth-order valence-corrected chi connectivity index (χ4v) is 4.20. The van der Waals surface area contributed by atoms with E-state index < -0.39 is 0 Å². The Morgan fingerprint density at radius 2 is 1.90 bits per heavy atom. The lowest BCUT2D eigenvalue weighted by Gasteiger charge is -2.32. The maximum Gasteiger partial charge on any atom is 0.226 e. The second kappa shape index (κ2) is 8.92. The van der Waals surface area contributed by atoms with Crippen molar-refractivity contribution in [3.8, 4) is 0 Å². The average Bonchev–Trinajstić information content (AvgIpc) is 3.21. The number of nitrogens with zero attached hydrogens (tertiary/aromatic N) is 5. The van der Waals surface area contributed by atoms with E-state index in [1.165, 1.54) is 23.4 Å². The minimum absolute atomic E-state index is 0.117. The van der Waals surface area contributed by atoms with Gasteiger partial charge in [0, 0.05) is 37.5 Å². The summed E-state index contributed by atoms with van der Waals surface area (Å²) < 4.78 is 15.0. The molecule has 158 valence electrons. The third-order valence-electron chi connectivity index (χ3n) is 5.81. The standard InChI is InChI=1S/C23H28FN5O/c1-27(2)16-19-15-25-22-7-10-26-29(22)21(19)13-18-8-11-28(12-9-18)23(30)14-17-3-5-20(24)6-4-17/h3-7,10,15,18H,8-9,11-14,16H2,1-2H3. The summed E-state index contributed by atoms with van der Waals surface area (Å²) in [4.78, 5) is 21.2. The number of amides is 1. The van der Waals surface area contributed by atoms with Crippen LogP contribution in [0.2, 0.25) is 0 Å². The summed E-state index contributed by atoms with van der Waals surface area (Å²) in [5, 5.41) is 4.49. The molecule has 0 saturated carbocycles. The van der Waals surface area contributed by atoms with Crippen LogP contribution in [-0.4, -0.2) is 57.5 Å². The van der Waals surface area contributed by atoms with E-state index in [2.05, 4.69) is 29.1 Å². The number of carbonyl (C=O) groups excluding carboxylic acids is 1. The van der Waals surface area contributed by atoms with Crippen LogP contribution in [0.1, 0.15) is 29.7 Å². The molecule has 1 aliphatic rings. The van der Waals surface area contributed by atoms with Gasteiger partial charge >= 0.3 is 0 Å². The third kappa shape index (κ3) is 4.67. The normalized spacial score (nSPS) is 15.3. The van der Waals surface area contributed by atoms with Crippen molar-refractivity contribution >= 4 is 11.6 Å². The number of fused-ring (bicyclic) bond motifs is 1. The van der Waals surface area contributed by atoms with Crippen LogP contribution >= 0.6 is 0 Å². The second-order valence-electron chi connectivity index (χ2n) is 8.40. The van der Waals surface area contributed by atoms with Crippen LogP contribution in [0.4, 0.5) is 4.39 Å². The van der Waals surface area contributed by atoms with Crippen molar-refractivity contribution in [2.45, 2.75) is 32.2 Å². The van der Waals surface area contributed by atoms with E-state index in [-0.39, 0.29) is 11.7 Å². The predicted molar refractivity (Wildman–Crippen MR) is 113 cm³/mol. The summed E-state index contributed by atoms with van der Waals surface area (Å²) in [5.41, 5.74) is 4.15. The van der Waals surface area contributed by atoms with Crippen molar-refractivity contribution in [1.82, 2.24) is 24.4 Å². The van der Waals surface area contributed by atoms with E-state index in [1.54, 1.807) is 18.3 Å². The van der Waals surface area contributed by atoms with Crippen LogP contribution in [0, 0.1) is 11.7 Å². The molecule has 2 aromatic heterocycles. The molecule has 0 atom stereocenters. The third-order valence-corrected chi connectivity index (χ3v) is 5.81. The number of aromatic nitrogens is 3. The molecule has 0 radical (unpaired) electrons. The van der Waals surface area contributed by atoms with Gasteiger partial charge in [0.25, 0.3) is 0 Å². The minimum atomic E-state index is -0.275. The van der Waals surface area contributed by atoms with Gasteiger partial charge in [-0.2, -0.15) is 5.10 Å². The lowest BCUT2D eigenvalue weighted by atomic mass is 9.90. The highest BCUT2D eigenvalue weighted by Gasteiger charge is 2.25. The number of hydrogen-bond donors (Lipinski definition) is 0. The first kappa shape index (κ1) is 20.5. The molecule has 1 amide bonds. The highest BCUT2D eigenvalue weighted by molar-refractivity contribution is 5.78. The van der Waals surface area contributed by atoms with Gasteiger partial charge in [0.1, 0.15) is 5.82 Å². The smallest absolute Gasteiger partial charge is 0.226 e. The van der Waals surface area contributed by atoms with Gasteiger partial charge < -0.3 is 9.80 Å². The minimum Gasteiger partial charge on any atom is -0.342 e. The Morgan fingerprint density at radius 3 is 2.60 bits per heavy atom.